The van der Waals surface area contributed by atoms with Crippen LogP contribution in [0.25, 0.3) is 10.9 Å². The van der Waals surface area contributed by atoms with Gasteiger partial charge < -0.3 is 9.88 Å². The number of hydrazone groups is 1. The number of carbonyl (C=O) groups is 2. The maximum atomic E-state index is 13.1. The molecule has 5 rings (SSSR count). The molecule has 0 spiro atoms. The molecule has 0 unspecified atom stereocenters. The highest BCUT2D eigenvalue weighted by atomic mass is 35.5. The van der Waals surface area contributed by atoms with E-state index in [4.69, 9.17) is 11.6 Å². The molecule has 3 heterocycles. The number of para-hydroxylation sites is 1. The SMILES string of the molecule is O=C1[C@@H]2Cc3c([nH]c4ccccc34)CN2C(=O)CN1N=Cc1cc([N+](=O)[O-])ccc1Cl. The molecule has 2 amide bonds. The van der Waals surface area contributed by atoms with Crippen LogP contribution in [0.2, 0.25) is 5.02 Å². The Bertz CT molecular complexity index is 1280. The first-order valence-corrected chi connectivity index (χ1v) is 9.97. The fraction of sp³-hybridized carbons (Fsp3) is 0.190. The van der Waals surface area contributed by atoms with Gasteiger partial charge in [0.25, 0.3) is 11.6 Å². The first-order valence-electron chi connectivity index (χ1n) is 9.59. The van der Waals surface area contributed by atoms with Gasteiger partial charge in [-0.15, -0.1) is 0 Å². The summed E-state index contributed by atoms with van der Waals surface area (Å²) in [6.45, 7) is 0.140. The summed E-state index contributed by atoms with van der Waals surface area (Å²) in [5.41, 5.74) is 3.10. The standard InChI is InChI=1S/C21H16ClN5O4/c22-16-6-5-13(27(30)31)7-12(16)9-23-26-11-20(28)25-10-18-15(8-19(25)21(26)29)14-3-1-2-4-17(14)24-18/h1-7,9,19,24H,8,10-11H2/t19-/m0/s1. The Morgan fingerprint density at radius 3 is 2.81 bits per heavy atom. The lowest BCUT2D eigenvalue weighted by molar-refractivity contribution is -0.384. The highest BCUT2D eigenvalue weighted by Crippen LogP contribution is 2.32. The third-order valence-corrected chi connectivity index (χ3v) is 6.02. The number of piperazine rings is 1. The maximum absolute atomic E-state index is 13.1. The second kappa shape index (κ2) is 7.21. The average Bonchev–Trinajstić information content (AvgIpc) is 3.12. The number of amides is 2. The van der Waals surface area contributed by atoms with Gasteiger partial charge in [-0.2, -0.15) is 5.10 Å². The molecule has 10 heteroatoms. The summed E-state index contributed by atoms with van der Waals surface area (Å²) in [6, 6.07) is 11.1. The number of non-ortho nitro benzene ring substituents is 1. The molecular weight excluding hydrogens is 422 g/mol. The molecule has 3 aromatic rings. The summed E-state index contributed by atoms with van der Waals surface area (Å²) in [7, 11) is 0. The molecule has 1 aromatic heterocycles. The van der Waals surface area contributed by atoms with Crippen molar-refractivity contribution < 1.29 is 14.5 Å². The first kappa shape index (κ1) is 19.3. The molecule has 1 N–H and O–H groups in total. The van der Waals surface area contributed by atoms with E-state index in [1.165, 1.54) is 24.4 Å². The number of nitrogens with one attached hydrogen (secondary N) is 1. The van der Waals surface area contributed by atoms with E-state index in [9.17, 15) is 19.7 Å². The van der Waals surface area contributed by atoms with Gasteiger partial charge in [-0.3, -0.25) is 19.7 Å². The number of carbonyl (C=O) groups excluding carboxylic acids is 2. The van der Waals surface area contributed by atoms with Crippen LogP contribution in [0.1, 0.15) is 16.8 Å². The monoisotopic (exact) mass is 437 g/mol. The van der Waals surface area contributed by atoms with Crippen molar-refractivity contribution in [2.24, 2.45) is 5.10 Å². The largest absolute Gasteiger partial charge is 0.357 e. The number of rotatable bonds is 3. The molecule has 2 aromatic carbocycles. The predicted octanol–water partition coefficient (Wildman–Crippen LogP) is 2.86. The van der Waals surface area contributed by atoms with Crippen molar-refractivity contribution in [3.63, 3.8) is 0 Å². The number of hydrogen-bond donors (Lipinski definition) is 1. The van der Waals surface area contributed by atoms with E-state index in [-0.39, 0.29) is 29.1 Å². The molecule has 0 bridgehead atoms. The minimum Gasteiger partial charge on any atom is -0.357 e. The van der Waals surface area contributed by atoms with Gasteiger partial charge in [0.2, 0.25) is 5.91 Å². The Morgan fingerprint density at radius 2 is 2.00 bits per heavy atom. The van der Waals surface area contributed by atoms with E-state index in [1.54, 1.807) is 4.90 Å². The van der Waals surface area contributed by atoms with Gasteiger partial charge in [-0.1, -0.05) is 29.8 Å². The fourth-order valence-electron chi connectivity index (χ4n) is 4.13. The van der Waals surface area contributed by atoms with Crippen molar-refractivity contribution in [2.45, 2.75) is 19.0 Å². The Labute approximate surface area is 181 Å². The van der Waals surface area contributed by atoms with Crippen LogP contribution in [0.4, 0.5) is 5.69 Å². The lowest BCUT2D eigenvalue weighted by atomic mass is 9.94. The zero-order valence-electron chi connectivity index (χ0n) is 16.1. The Kier molecular flexibility index (Phi) is 4.48. The minimum absolute atomic E-state index is 0.141. The smallest absolute Gasteiger partial charge is 0.270 e. The topological polar surface area (TPSA) is 112 Å². The molecule has 0 aliphatic carbocycles. The van der Waals surface area contributed by atoms with Crippen molar-refractivity contribution in [2.75, 3.05) is 6.54 Å². The molecule has 1 atom stereocenters. The second-order valence-corrected chi connectivity index (χ2v) is 7.88. The zero-order valence-corrected chi connectivity index (χ0v) is 16.9. The zero-order chi connectivity index (χ0) is 21.7. The van der Waals surface area contributed by atoms with Crippen LogP contribution < -0.4 is 0 Å². The third-order valence-electron chi connectivity index (χ3n) is 5.68. The molecule has 2 aliphatic heterocycles. The van der Waals surface area contributed by atoms with Crippen molar-refractivity contribution in [3.05, 3.63) is 74.4 Å². The average molecular weight is 438 g/mol. The van der Waals surface area contributed by atoms with Crippen LogP contribution in [-0.2, 0) is 22.6 Å². The number of aromatic amines is 1. The third kappa shape index (κ3) is 3.23. The molecular formula is C21H16ClN5O4. The normalized spacial score (nSPS) is 18.5. The van der Waals surface area contributed by atoms with E-state index >= 15 is 0 Å². The highest BCUT2D eigenvalue weighted by Gasteiger charge is 2.43. The summed E-state index contributed by atoms with van der Waals surface area (Å²) in [6.07, 6.45) is 1.67. The summed E-state index contributed by atoms with van der Waals surface area (Å²) in [4.78, 5) is 41.3. The van der Waals surface area contributed by atoms with Gasteiger partial charge >= 0.3 is 0 Å². The molecule has 1 saturated heterocycles. The Hall–Kier alpha value is -3.72. The number of hydrogen-bond acceptors (Lipinski definition) is 5. The van der Waals surface area contributed by atoms with Crippen LogP contribution in [0.3, 0.4) is 0 Å². The first-order chi connectivity index (χ1) is 14.9. The number of benzene rings is 2. The molecule has 0 radical (unpaired) electrons. The second-order valence-electron chi connectivity index (χ2n) is 7.47. The maximum Gasteiger partial charge on any atom is 0.270 e. The fourth-order valence-corrected chi connectivity index (χ4v) is 4.30. The summed E-state index contributed by atoms with van der Waals surface area (Å²) in [5.74, 6) is -0.510. The number of aromatic nitrogens is 1. The van der Waals surface area contributed by atoms with Crippen LogP contribution in [-0.4, -0.2) is 50.4 Å². The van der Waals surface area contributed by atoms with Gasteiger partial charge in [-0.25, -0.2) is 5.01 Å². The van der Waals surface area contributed by atoms with E-state index in [0.717, 1.165) is 27.2 Å². The molecule has 156 valence electrons. The van der Waals surface area contributed by atoms with Gasteiger partial charge in [0.05, 0.1) is 17.7 Å². The van der Waals surface area contributed by atoms with Crippen molar-refractivity contribution >= 4 is 46.2 Å². The van der Waals surface area contributed by atoms with E-state index in [1.807, 2.05) is 24.3 Å². The van der Waals surface area contributed by atoms with Crippen LogP contribution >= 0.6 is 11.6 Å². The molecule has 9 nitrogen and oxygen atoms in total. The molecule has 0 saturated carbocycles. The lowest BCUT2D eigenvalue weighted by Crippen LogP contribution is -2.60. The number of halogens is 1. The van der Waals surface area contributed by atoms with Gasteiger partial charge in [0.1, 0.15) is 12.6 Å². The Balaban J connectivity index is 1.44. The number of nitro benzene ring substituents is 1. The van der Waals surface area contributed by atoms with Gasteiger partial charge in [0, 0.05) is 45.7 Å². The Morgan fingerprint density at radius 1 is 1.19 bits per heavy atom. The van der Waals surface area contributed by atoms with E-state index in [2.05, 4.69) is 10.1 Å². The summed E-state index contributed by atoms with van der Waals surface area (Å²) in [5, 5.41) is 17.5. The highest BCUT2D eigenvalue weighted by molar-refractivity contribution is 6.33. The number of H-pyrrole nitrogens is 1. The van der Waals surface area contributed by atoms with E-state index in [0.29, 0.717) is 18.5 Å². The van der Waals surface area contributed by atoms with Crippen molar-refractivity contribution in [1.29, 1.82) is 0 Å². The predicted molar refractivity (Wildman–Crippen MR) is 114 cm³/mol. The summed E-state index contributed by atoms with van der Waals surface area (Å²) >= 11 is 6.10. The molecule has 1 fully saturated rings. The van der Waals surface area contributed by atoms with Crippen LogP contribution in [0.5, 0.6) is 0 Å². The minimum atomic E-state index is -0.648. The van der Waals surface area contributed by atoms with Gasteiger partial charge in [-0.05, 0) is 17.7 Å². The van der Waals surface area contributed by atoms with Crippen molar-refractivity contribution in [1.82, 2.24) is 14.9 Å². The number of nitro groups is 1. The lowest BCUT2D eigenvalue weighted by Gasteiger charge is -2.40. The van der Waals surface area contributed by atoms with Crippen LogP contribution in [0, 0.1) is 10.1 Å². The summed E-state index contributed by atoms with van der Waals surface area (Å²) < 4.78 is 0. The van der Waals surface area contributed by atoms with Crippen LogP contribution in [0.15, 0.2) is 47.6 Å². The van der Waals surface area contributed by atoms with Gasteiger partial charge in [0.15, 0.2) is 0 Å². The van der Waals surface area contributed by atoms with E-state index < -0.39 is 11.0 Å². The van der Waals surface area contributed by atoms with Crippen molar-refractivity contribution in [3.8, 4) is 0 Å². The number of nitrogens with zero attached hydrogens (tertiary/aromatic N) is 4. The number of fused-ring (bicyclic) bond motifs is 4. The molecule has 31 heavy (non-hydrogen) atoms. The quantitative estimate of drug-likeness (QED) is 0.385. The molecule has 2 aliphatic rings.